The molecule has 1 atom stereocenters. The second kappa shape index (κ2) is 11.2. The maximum Gasteiger partial charge on any atom is 0.224 e. The number of phenolic OH excluding ortho intramolecular Hbond substituents is 1. The Morgan fingerprint density at radius 1 is 1.09 bits per heavy atom. The van der Waals surface area contributed by atoms with Crippen LogP contribution in [0.4, 0.5) is 5.69 Å². The van der Waals surface area contributed by atoms with Crippen LogP contribution in [0.5, 0.6) is 11.5 Å². The van der Waals surface area contributed by atoms with Crippen molar-refractivity contribution < 1.29 is 19.4 Å². The van der Waals surface area contributed by atoms with Gasteiger partial charge in [0.15, 0.2) is 5.78 Å². The Morgan fingerprint density at radius 3 is 2.41 bits per heavy atom. The number of carbonyl (C=O) groups excluding carboxylic acids is 2. The summed E-state index contributed by atoms with van der Waals surface area (Å²) in [6, 6.07) is 10.5. The van der Waals surface area contributed by atoms with E-state index in [1.54, 1.807) is 31.4 Å². The predicted molar refractivity (Wildman–Crippen MR) is 130 cm³/mol. The Bertz CT molecular complexity index is 943. The van der Waals surface area contributed by atoms with E-state index >= 15 is 0 Å². The number of methoxy groups -OCH3 is 1. The number of amides is 1. The highest BCUT2D eigenvalue weighted by Crippen LogP contribution is 2.36. The normalized spacial score (nSPS) is 12.3. The highest BCUT2D eigenvalue weighted by molar-refractivity contribution is 5.98. The van der Waals surface area contributed by atoms with Crippen LogP contribution in [0.2, 0.25) is 0 Å². The number of unbranched alkanes of at least 4 members (excludes halogenated alkanes) is 2. The van der Waals surface area contributed by atoms with E-state index in [4.69, 9.17) is 4.74 Å². The zero-order valence-corrected chi connectivity index (χ0v) is 20.2. The summed E-state index contributed by atoms with van der Waals surface area (Å²) in [5, 5.41) is 13.1. The van der Waals surface area contributed by atoms with Gasteiger partial charge in [-0.15, -0.1) is 0 Å². The molecule has 0 saturated heterocycles. The van der Waals surface area contributed by atoms with Crippen molar-refractivity contribution in [3.63, 3.8) is 0 Å². The monoisotopic (exact) mass is 439 g/mol. The quantitative estimate of drug-likeness (QED) is 0.323. The first-order valence-corrected chi connectivity index (χ1v) is 11.4. The lowest BCUT2D eigenvalue weighted by atomic mass is 9.84. The molecule has 1 amide bonds. The zero-order valence-electron chi connectivity index (χ0n) is 20.2. The number of hydrogen-bond acceptors (Lipinski definition) is 4. The van der Waals surface area contributed by atoms with Crippen molar-refractivity contribution in [2.24, 2.45) is 0 Å². The molecule has 0 aliphatic heterocycles. The van der Waals surface area contributed by atoms with Crippen molar-refractivity contribution in [1.29, 1.82) is 0 Å². The number of ketones is 1. The van der Waals surface area contributed by atoms with Gasteiger partial charge in [0.1, 0.15) is 11.5 Å². The molecular formula is C27H37NO4. The summed E-state index contributed by atoms with van der Waals surface area (Å²) in [7, 11) is 1.60. The van der Waals surface area contributed by atoms with Gasteiger partial charge in [-0.3, -0.25) is 9.59 Å². The Labute approximate surface area is 192 Å². The average molecular weight is 440 g/mol. The summed E-state index contributed by atoms with van der Waals surface area (Å²) in [5.41, 5.74) is 2.88. The minimum atomic E-state index is -0.188. The van der Waals surface area contributed by atoms with Gasteiger partial charge in [-0.25, -0.2) is 0 Å². The lowest BCUT2D eigenvalue weighted by Gasteiger charge is -2.25. The minimum Gasteiger partial charge on any atom is -0.508 e. The molecule has 0 fully saturated rings. The van der Waals surface area contributed by atoms with Gasteiger partial charge in [0.05, 0.1) is 7.11 Å². The number of rotatable bonds is 10. The van der Waals surface area contributed by atoms with Crippen LogP contribution in [0.25, 0.3) is 0 Å². The van der Waals surface area contributed by atoms with E-state index in [1.807, 2.05) is 12.1 Å². The molecule has 0 heterocycles. The van der Waals surface area contributed by atoms with Gasteiger partial charge in [-0.05, 0) is 54.5 Å². The smallest absolute Gasteiger partial charge is 0.224 e. The number of hydrogen-bond donors (Lipinski definition) is 2. The van der Waals surface area contributed by atoms with Crippen LogP contribution in [0.15, 0.2) is 36.4 Å². The standard InChI is InChI=1S/C27H37NO4/c1-7-8-9-10-20(22-17-21(30)12-14-25(22)32-6)16-26(31)28-24-15-19(18(2)29)11-13-23(24)27(3,4)5/h11-15,17,20,30H,7-10,16H2,1-6H3,(H,28,31). The number of benzene rings is 2. The number of Topliss-reactive ketones (excluding diaryl/α,β-unsaturated/α-hetero) is 1. The number of nitrogens with one attached hydrogen (secondary N) is 1. The van der Waals surface area contributed by atoms with Gasteiger partial charge in [-0.2, -0.15) is 0 Å². The summed E-state index contributed by atoms with van der Waals surface area (Å²) in [4.78, 5) is 25.1. The second-order valence-corrected chi connectivity index (χ2v) is 9.44. The molecule has 32 heavy (non-hydrogen) atoms. The third-order valence-corrected chi connectivity index (χ3v) is 5.75. The molecule has 174 valence electrons. The molecule has 0 aromatic heterocycles. The van der Waals surface area contributed by atoms with Crippen molar-refractivity contribution in [1.82, 2.24) is 0 Å². The van der Waals surface area contributed by atoms with E-state index in [0.717, 1.165) is 36.8 Å². The van der Waals surface area contributed by atoms with Crippen molar-refractivity contribution in [3.8, 4) is 11.5 Å². The summed E-state index contributed by atoms with van der Waals surface area (Å²) in [6.45, 7) is 9.91. The zero-order chi connectivity index (χ0) is 23.9. The van der Waals surface area contributed by atoms with Gasteiger partial charge in [0, 0.05) is 23.2 Å². The van der Waals surface area contributed by atoms with Crippen LogP contribution in [0.1, 0.15) is 94.1 Å². The van der Waals surface area contributed by atoms with Gasteiger partial charge < -0.3 is 15.2 Å². The molecule has 2 N–H and O–H groups in total. The molecule has 0 spiro atoms. The Kier molecular flexibility index (Phi) is 8.88. The van der Waals surface area contributed by atoms with E-state index in [-0.39, 0.29) is 35.2 Å². The van der Waals surface area contributed by atoms with Gasteiger partial charge in [-0.1, -0.05) is 59.1 Å². The largest absolute Gasteiger partial charge is 0.508 e. The molecule has 2 aromatic rings. The third-order valence-electron chi connectivity index (χ3n) is 5.75. The Hall–Kier alpha value is -2.82. The molecular weight excluding hydrogens is 402 g/mol. The molecule has 0 saturated carbocycles. The van der Waals surface area contributed by atoms with E-state index < -0.39 is 0 Å². The molecule has 5 nitrogen and oxygen atoms in total. The molecule has 5 heteroatoms. The minimum absolute atomic E-state index is 0.0390. The summed E-state index contributed by atoms with van der Waals surface area (Å²) in [6.07, 6.45) is 4.23. The first-order valence-electron chi connectivity index (χ1n) is 11.4. The first-order chi connectivity index (χ1) is 15.1. The molecule has 0 aliphatic rings. The molecule has 0 radical (unpaired) electrons. The predicted octanol–water partition coefficient (Wildman–Crippen LogP) is 6.59. The van der Waals surface area contributed by atoms with Crippen molar-refractivity contribution in [2.75, 3.05) is 12.4 Å². The van der Waals surface area contributed by atoms with Crippen molar-refractivity contribution in [2.45, 2.75) is 78.1 Å². The van der Waals surface area contributed by atoms with Crippen LogP contribution in [-0.4, -0.2) is 23.9 Å². The van der Waals surface area contributed by atoms with Crippen LogP contribution < -0.4 is 10.1 Å². The van der Waals surface area contributed by atoms with E-state index in [9.17, 15) is 14.7 Å². The SMILES string of the molecule is CCCCCC(CC(=O)Nc1cc(C(C)=O)ccc1C(C)(C)C)c1cc(O)ccc1OC. The summed E-state index contributed by atoms with van der Waals surface area (Å²) < 4.78 is 5.51. The first kappa shape index (κ1) is 25.4. The lowest BCUT2D eigenvalue weighted by molar-refractivity contribution is -0.116. The van der Waals surface area contributed by atoms with Crippen LogP contribution in [0.3, 0.4) is 0 Å². The van der Waals surface area contributed by atoms with Gasteiger partial charge >= 0.3 is 0 Å². The van der Waals surface area contributed by atoms with Gasteiger partial charge in [0.25, 0.3) is 0 Å². The van der Waals surface area contributed by atoms with Crippen molar-refractivity contribution >= 4 is 17.4 Å². The summed E-state index contributed by atoms with van der Waals surface area (Å²) >= 11 is 0. The Balaban J connectivity index is 2.34. The van der Waals surface area contributed by atoms with Gasteiger partial charge in [0.2, 0.25) is 5.91 Å². The number of phenols is 1. The van der Waals surface area contributed by atoms with Crippen molar-refractivity contribution in [3.05, 3.63) is 53.1 Å². The fraction of sp³-hybridized carbons (Fsp3) is 0.481. The topological polar surface area (TPSA) is 75.6 Å². The van der Waals surface area contributed by atoms with Crippen LogP contribution in [0, 0.1) is 0 Å². The highest BCUT2D eigenvalue weighted by atomic mass is 16.5. The van der Waals surface area contributed by atoms with E-state index in [1.165, 1.54) is 6.92 Å². The van der Waals surface area contributed by atoms with E-state index in [0.29, 0.717) is 17.0 Å². The molecule has 2 aromatic carbocycles. The fourth-order valence-electron chi connectivity index (χ4n) is 3.99. The number of anilines is 1. The maximum atomic E-state index is 13.2. The maximum absolute atomic E-state index is 13.2. The highest BCUT2D eigenvalue weighted by Gasteiger charge is 2.23. The molecule has 1 unspecified atom stereocenters. The van der Waals surface area contributed by atoms with Crippen LogP contribution in [-0.2, 0) is 10.2 Å². The summed E-state index contributed by atoms with van der Waals surface area (Å²) in [5.74, 6) is 0.584. The number of carbonyl (C=O) groups is 2. The lowest BCUT2D eigenvalue weighted by Crippen LogP contribution is -2.21. The molecule has 2 rings (SSSR count). The fourth-order valence-corrected chi connectivity index (χ4v) is 3.99. The number of aromatic hydroxyl groups is 1. The molecule has 0 aliphatic carbocycles. The second-order valence-electron chi connectivity index (χ2n) is 9.44. The molecule has 0 bridgehead atoms. The third kappa shape index (κ3) is 6.84. The average Bonchev–Trinajstić information content (AvgIpc) is 2.72. The Morgan fingerprint density at radius 2 is 1.81 bits per heavy atom. The van der Waals surface area contributed by atoms with Crippen LogP contribution >= 0.6 is 0 Å². The number of ether oxygens (including phenoxy) is 1. The van der Waals surface area contributed by atoms with E-state index in [2.05, 4.69) is 33.0 Å².